The Kier molecular flexibility index (Phi) is 5.37. The van der Waals surface area contributed by atoms with Gasteiger partial charge >= 0.3 is 51.4 Å². The van der Waals surface area contributed by atoms with Crippen LogP contribution in [0.3, 0.4) is 0 Å². The first kappa shape index (κ1) is 15.2. The van der Waals surface area contributed by atoms with Gasteiger partial charge in [-0.25, -0.2) is 0 Å². The van der Waals surface area contributed by atoms with E-state index in [1.165, 1.54) is 24.3 Å². The van der Waals surface area contributed by atoms with Gasteiger partial charge in [0.05, 0.1) is 5.97 Å². The Bertz CT molecular complexity index is 564. The second-order valence-corrected chi connectivity index (χ2v) is 3.57. The average Bonchev–Trinajstić information content (AvgIpc) is 2.29. The van der Waals surface area contributed by atoms with Gasteiger partial charge in [-0.3, -0.25) is 0 Å². The Labute approximate surface area is 146 Å². The monoisotopic (exact) mass is 268 g/mol. The van der Waals surface area contributed by atoms with Crippen LogP contribution in [0.25, 0.3) is 11.1 Å². The van der Waals surface area contributed by atoms with Gasteiger partial charge in [-0.05, 0) is 35.4 Å². The van der Waals surface area contributed by atoms with E-state index in [1.54, 1.807) is 18.2 Å². The minimum atomic E-state index is -1.42. The number of phenols is 2. The van der Waals surface area contributed by atoms with E-state index >= 15 is 0 Å². The predicted molar refractivity (Wildman–Crippen MR) is 59.5 cm³/mol. The fraction of sp³-hybridized carbons (Fsp3) is 0. The number of carboxylic acids is 1. The number of aromatic carboxylic acids is 1. The van der Waals surface area contributed by atoms with Crippen LogP contribution in [0.4, 0.5) is 0 Å². The number of aromatic hydroxyl groups is 2. The van der Waals surface area contributed by atoms with Gasteiger partial charge in [0.25, 0.3) is 0 Å². The summed E-state index contributed by atoms with van der Waals surface area (Å²) in [6.07, 6.45) is 0. The first-order valence-corrected chi connectivity index (χ1v) is 4.91. The van der Waals surface area contributed by atoms with Crippen LogP contribution in [-0.4, -0.2) is 16.2 Å². The van der Waals surface area contributed by atoms with E-state index in [2.05, 4.69) is 0 Å². The number of carbonyl (C=O) groups excluding carboxylic acids is 1. The van der Waals surface area contributed by atoms with Crippen molar-refractivity contribution in [2.45, 2.75) is 0 Å². The smallest absolute Gasteiger partial charge is 0.545 e. The van der Waals surface area contributed by atoms with E-state index < -0.39 is 5.97 Å². The third-order valence-electron chi connectivity index (χ3n) is 2.42. The molecule has 0 saturated heterocycles. The van der Waals surface area contributed by atoms with Crippen molar-refractivity contribution in [3.8, 4) is 22.6 Å². The van der Waals surface area contributed by atoms with E-state index in [0.717, 1.165) is 5.56 Å². The Morgan fingerprint density at radius 2 is 1.50 bits per heavy atom. The molecule has 0 aliphatic heterocycles. The van der Waals surface area contributed by atoms with E-state index in [4.69, 9.17) is 5.11 Å². The van der Waals surface area contributed by atoms with Crippen LogP contribution >= 0.6 is 0 Å². The summed E-state index contributed by atoms with van der Waals surface area (Å²) in [5, 5.41) is 29.3. The van der Waals surface area contributed by atoms with Gasteiger partial charge in [-0.1, -0.05) is 18.2 Å². The molecule has 0 aliphatic rings. The fourth-order valence-electron chi connectivity index (χ4n) is 1.54. The number of carboxylic acid groups (broad SMARTS) is 1. The molecule has 0 spiro atoms. The number of carbonyl (C=O) groups is 1. The third-order valence-corrected chi connectivity index (χ3v) is 2.42. The zero-order chi connectivity index (χ0) is 12.4. The van der Waals surface area contributed by atoms with Crippen LogP contribution in [0, 0.1) is 0 Å². The van der Waals surface area contributed by atoms with E-state index in [0.29, 0.717) is 5.56 Å². The Balaban J connectivity index is 0.00000162. The largest absolute Gasteiger partial charge is 1.00 e. The molecule has 0 saturated carbocycles. The summed E-state index contributed by atoms with van der Waals surface area (Å²) in [6.45, 7) is 0. The van der Waals surface area contributed by atoms with Crippen molar-refractivity contribution in [2.24, 2.45) is 0 Å². The topological polar surface area (TPSA) is 80.6 Å². The van der Waals surface area contributed by atoms with E-state index in [9.17, 15) is 15.0 Å². The van der Waals surface area contributed by atoms with Crippen LogP contribution in [0.1, 0.15) is 10.4 Å². The van der Waals surface area contributed by atoms with Crippen molar-refractivity contribution in [2.75, 3.05) is 0 Å². The fourth-order valence-corrected chi connectivity index (χ4v) is 1.54. The summed E-state index contributed by atoms with van der Waals surface area (Å²) in [6, 6.07) is 10.6. The quantitative estimate of drug-likeness (QED) is 0.626. The molecule has 86 valence electrons. The van der Waals surface area contributed by atoms with Crippen LogP contribution in [0.5, 0.6) is 11.5 Å². The first-order chi connectivity index (χ1) is 8.08. The molecule has 0 unspecified atom stereocenters. The summed E-state index contributed by atoms with van der Waals surface area (Å²) in [5.41, 5.74) is 1.18. The molecule has 4 nitrogen and oxygen atoms in total. The first-order valence-electron chi connectivity index (χ1n) is 4.91. The van der Waals surface area contributed by atoms with Gasteiger partial charge in [-0.15, -0.1) is 0 Å². The summed E-state index contributed by atoms with van der Waals surface area (Å²) in [7, 11) is 0. The zero-order valence-corrected chi connectivity index (χ0v) is 12.9. The maximum atomic E-state index is 10.6. The molecular formula is C13H9KO4. The van der Waals surface area contributed by atoms with Crippen LogP contribution in [0.2, 0.25) is 0 Å². The predicted octanol–water partition coefficient (Wildman–Crippen LogP) is -1.87. The summed E-state index contributed by atoms with van der Waals surface area (Å²) in [5.74, 6) is -1.61. The maximum Gasteiger partial charge on any atom is 1.00 e. The molecule has 0 heterocycles. The van der Waals surface area contributed by atoms with Crippen molar-refractivity contribution in [3.63, 3.8) is 0 Å². The molecule has 2 rings (SSSR count). The molecule has 0 atom stereocenters. The summed E-state index contributed by atoms with van der Waals surface area (Å²) >= 11 is 0. The molecule has 0 amide bonds. The van der Waals surface area contributed by atoms with Crippen LogP contribution in [0.15, 0.2) is 42.5 Å². The second kappa shape index (κ2) is 6.35. The Morgan fingerprint density at radius 1 is 0.944 bits per heavy atom. The standard InChI is InChI=1S/C13H10O4.K/c14-10-4-1-8(2-5-10)9-3-6-11(13(16)17)12(15)7-9;/h1-7,14-15H,(H,16,17);/q;+1/p-1. The van der Waals surface area contributed by atoms with Crippen molar-refractivity contribution in [1.29, 1.82) is 0 Å². The number of rotatable bonds is 2. The maximum absolute atomic E-state index is 10.6. The number of benzene rings is 2. The molecule has 18 heavy (non-hydrogen) atoms. The molecule has 2 N–H and O–H groups in total. The van der Waals surface area contributed by atoms with Gasteiger partial charge in [0.1, 0.15) is 11.5 Å². The van der Waals surface area contributed by atoms with Gasteiger partial charge in [0.15, 0.2) is 0 Å². The number of phenolic OH excluding ortho intramolecular Hbond substituents is 1. The van der Waals surface area contributed by atoms with Crippen molar-refractivity contribution < 1.29 is 71.5 Å². The molecular weight excluding hydrogens is 259 g/mol. The van der Waals surface area contributed by atoms with Gasteiger partial charge in [-0.2, -0.15) is 0 Å². The summed E-state index contributed by atoms with van der Waals surface area (Å²) < 4.78 is 0. The third kappa shape index (κ3) is 3.34. The molecule has 0 radical (unpaired) electrons. The summed E-state index contributed by atoms with van der Waals surface area (Å²) in [4.78, 5) is 10.6. The molecule has 0 bridgehead atoms. The van der Waals surface area contributed by atoms with E-state index in [-0.39, 0.29) is 68.4 Å². The van der Waals surface area contributed by atoms with E-state index in [1.807, 2.05) is 0 Å². The minimum Gasteiger partial charge on any atom is -0.545 e. The van der Waals surface area contributed by atoms with Gasteiger partial charge in [0.2, 0.25) is 0 Å². The average molecular weight is 268 g/mol. The Morgan fingerprint density at radius 3 is 2.00 bits per heavy atom. The SMILES string of the molecule is O=C([O-])c1ccc(-c2ccc(O)cc2)cc1O.[K+]. The molecule has 0 aromatic heterocycles. The van der Waals surface area contributed by atoms with Gasteiger partial charge in [0, 0.05) is 5.56 Å². The molecule has 5 heteroatoms. The van der Waals surface area contributed by atoms with Gasteiger partial charge < -0.3 is 20.1 Å². The van der Waals surface area contributed by atoms with Crippen LogP contribution < -0.4 is 56.5 Å². The van der Waals surface area contributed by atoms with Crippen molar-refractivity contribution in [1.82, 2.24) is 0 Å². The molecule has 0 fully saturated rings. The molecule has 2 aromatic rings. The second-order valence-electron chi connectivity index (χ2n) is 3.57. The normalized spacial score (nSPS) is 9.56. The van der Waals surface area contributed by atoms with Crippen molar-refractivity contribution >= 4 is 5.97 Å². The minimum absolute atomic E-state index is 0. The van der Waals surface area contributed by atoms with Crippen LogP contribution in [-0.2, 0) is 0 Å². The zero-order valence-electron chi connectivity index (χ0n) is 9.75. The number of hydrogen-bond donors (Lipinski definition) is 2. The Hall–Kier alpha value is -0.854. The number of hydrogen-bond acceptors (Lipinski definition) is 4. The molecule has 0 aliphatic carbocycles. The molecule has 2 aromatic carbocycles. The van der Waals surface area contributed by atoms with Crippen molar-refractivity contribution in [3.05, 3.63) is 48.0 Å².